The molecule has 3 nitrogen and oxygen atoms in total. The van der Waals surface area contributed by atoms with E-state index in [2.05, 4.69) is 36.4 Å². The molecule has 2 aromatic carbocycles. The third-order valence-electron chi connectivity index (χ3n) is 7.97. The number of rotatable bonds is 4. The summed E-state index contributed by atoms with van der Waals surface area (Å²) >= 11 is 0. The number of benzene rings is 2. The highest BCUT2D eigenvalue weighted by atomic mass is 16.7. The second-order valence-electron chi connectivity index (χ2n) is 8.98. The van der Waals surface area contributed by atoms with E-state index in [0.717, 1.165) is 46.8 Å². The quantitative estimate of drug-likeness (QED) is 0.813. The van der Waals surface area contributed by atoms with Gasteiger partial charge in [-0.25, -0.2) is 0 Å². The predicted octanol–water partition coefficient (Wildman–Crippen LogP) is 4.54. The van der Waals surface area contributed by atoms with Crippen molar-refractivity contribution < 1.29 is 14.2 Å². The first-order chi connectivity index (χ1) is 12.8. The molecule has 132 valence electrons. The highest BCUT2D eigenvalue weighted by Crippen LogP contribution is 2.85. The van der Waals surface area contributed by atoms with Crippen molar-refractivity contribution in [1.29, 1.82) is 0 Å². The molecule has 7 rings (SSSR count). The van der Waals surface area contributed by atoms with Crippen molar-refractivity contribution in [2.24, 2.45) is 29.6 Å². The summed E-state index contributed by atoms with van der Waals surface area (Å²) in [5.41, 5.74) is 2.95. The van der Waals surface area contributed by atoms with Gasteiger partial charge in [0.25, 0.3) is 0 Å². The van der Waals surface area contributed by atoms with E-state index in [1.54, 1.807) is 0 Å². The Morgan fingerprint density at radius 3 is 2.42 bits per heavy atom. The van der Waals surface area contributed by atoms with Crippen LogP contribution in [0.4, 0.5) is 0 Å². The molecule has 4 saturated carbocycles. The zero-order chi connectivity index (χ0) is 16.9. The lowest BCUT2D eigenvalue weighted by molar-refractivity contribution is 0.173. The second-order valence-corrected chi connectivity index (χ2v) is 8.98. The minimum Gasteiger partial charge on any atom is -0.488 e. The Morgan fingerprint density at radius 1 is 0.962 bits per heavy atom. The van der Waals surface area contributed by atoms with E-state index in [1.807, 2.05) is 6.07 Å². The van der Waals surface area contributed by atoms with Crippen LogP contribution in [0.25, 0.3) is 0 Å². The molecule has 4 aliphatic carbocycles. The van der Waals surface area contributed by atoms with Gasteiger partial charge in [0, 0.05) is 17.0 Å². The third-order valence-corrected chi connectivity index (χ3v) is 7.97. The first kappa shape index (κ1) is 14.0. The Balaban J connectivity index is 1.30. The number of hydrogen-bond acceptors (Lipinski definition) is 3. The van der Waals surface area contributed by atoms with E-state index in [4.69, 9.17) is 14.2 Å². The first-order valence-corrected chi connectivity index (χ1v) is 9.94. The lowest BCUT2D eigenvalue weighted by Crippen LogP contribution is -2.28. The first-order valence-electron chi connectivity index (χ1n) is 9.94. The molecule has 2 aromatic rings. The standard InChI is InChI=1S/C23H22O3/c1-2-4-13(5-3-1)11-24-17-8-19-18(25-12-26-19)7-16(17)23-9-14-6-15(10-23)21-20(14)22(21)23/h1-5,7-8,14-15,20-22H,6,9-12H2. The second kappa shape index (κ2) is 4.57. The van der Waals surface area contributed by atoms with Crippen LogP contribution in [0.1, 0.15) is 30.4 Å². The molecule has 0 radical (unpaired) electrons. The van der Waals surface area contributed by atoms with Crippen LogP contribution < -0.4 is 14.2 Å². The van der Waals surface area contributed by atoms with Gasteiger partial charge in [0.05, 0.1) is 0 Å². The highest BCUT2D eigenvalue weighted by Gasteiger charge is 2.80. The average Bonchev–Trinajstić information content (AvgIpc) is 2.94. The van der Waals surface area contributed by atoms with Gasteiger partial charge in [0.15, 0.2) is 11.5 Å². The van der Waals surface area contributed by atoms with Crippen LogP contribution in [0, 0.1) is 29.6 Å². The maximum absolute atomic E-state index is 6.39. The van der Waals surface area contributed by atoms with Gasteiger partial charge < -0.3 is 14.2 Å². The molecule has 0 aromatic heterocycles. The maximum atomic E-state index is 6.39. The molecule has 0 N–H and O–H groups in total. The normalized spacial score (nSPS) is 39.5. The maximum Gasteiger partial charge on any atom is 0.231 e. The molecule has 3 heteroatoms. The molecule has 4 unspecified atom stereocenters. The van der Waals surface area contributed by atoms with Crippen molar-refractivity contribution in [2.45, 2.75) is 31.3 Å². The molecular formula is C23H22O3. The van der Waals surface area contributed by atoms with Crippen molar-refractivity contribution in [3.05, 3.63) is 53.6 Å². The Morgan fingerprint density at radius 2 is 1.69 bits per heavy atom. The van der Waals surface area contributed by atoms with E-state index in [1.165, 1.54) is 30.4 Å². The van der Waals surface area contributed by atoms with Crippen molar-refractivity contribution in [3.8, 4) is 17.2 Å². The zero-order valence-corrected chi connectivity index (χ0v) is 14.7. The molecule has 26 heavy (non-hydrogen) atoms. The molecule has 1 aliphatic heterocycles. The van der Waals surface area contributed by atoms with Crippen LogP contribution in [0.3, 0.4) is 0 Å². The molecular weight excluding hydrogens is 324 g/mol. The Labute approximate surface area is 153 Å². The summed E-state index contributed by atoms with van der Waals surface area (Å²) < 4.78 is 17.8. The fourth-order valence-corrected chi connectivity index (χ4v) is 7.31. The van der Waals surface area contributed by atoms with Crippen LogP contribution in [-0.2, 0) is 12.0 Å². The summed E-state index contributed by atoms with van der Waals surface area (Å²) in [6, 6.07) is 14.8. The Hall–Kier alpha value is -2.16. The summed E-state index contributed by atoms with van der Waals surface area (Å²) in [6.45, 7) is 0.928. The molecule has 0 amide bonds. The van der Waals surface area contributed by atoms with Crippen molar-refractivity contribution in [3.63, 3.8) is 0 Å². The van der Waals surface area contributed by atoms with Gasteiger partial charge in [-0.15, -0.1) is 0 Å². The van der Waals surface area contributed by atoms with Gasteiger partial charge in [0.2, 0.25) is 6.79 Å². The van der Waals surface area contributed by atoms with Gasteiger partial charge in [-0.2, -0.15) is 0 Å². The van der Waals surface area contributed by atoms with E-state index in [0.29, 0.717) is 18.8 Å². The highest BCUT2D eigenvalue weighted by molar-refractivity contribution is 5.57. The minimum atomic E-state index is 0.323. The number of hydrogen-bond donors (Lipinski definition) is 0. The van der Waals surface area contributed by atoms with Crippen LogP contribution in [0.5, 0.6) is 17.2 Å². The predicted molar refractivity (Wildman–Crippen MR) is 96.3 cm³/mol. The lowest BCUT2D eigenvalue weighted by atomic mass is 9.70. The summed E-state index contributed by atoms with van der Waals surface area (Å²) in [5, 5.41) is 0. The smallest absolute Gasteiger partial charge is 0.231 e. The van der Waals surface area contributed by atoms with Gasteiger partial charge in [-0.3, -0.25) is 0 Å². The fourth-order valence-electron chi connectivity index (χ4n) is 7.31. The van der Waals surface area contributed by atoms with E-state index >= 15 is 0 Å². The molecule has 4 atom stereocenters. The third kappa shape index (κ3) is 1.61. The zero-order valence-electron chi connectivity index (χ0n) is 14.7. The van der Waals surface area contributed by atoms with Crippen LogP contribution in [0.2, 0.25) is 0 Å². The van der Waals surface area contributed by atoms with Crippen molar-refractivity contribution in [2.75, 3.05) is 6.79 Å². The molecule has 4 fully saturated rings. The Kier molecular flexibility index (Phi) is 2.45. The molecule has 1 heterocycles. The van der Waals surface area contributed by atoms with Crippen LogP contribution in [0.15, 0.2) is 42.5 Å². The van der Waals surface area contributed by atoms with E-state index in [-0.39, 0.29) is 0 Å². The van der Waals surface area contributed by atoms with Crippen LogP contribution in [-0.4, -0.2) is 6.79 Å². The van der Waals surface area contributed by atoms with E-state index in [9.17, 15) is 0 Å². The van der Waals surface area contributed by atoms with Gasteiger partial charge in [0.1, 0.15) is 12.4 Å². The van der Waals surface area contributed by atoms with Gasteiger partial charge in [-0.05, 0) is 60.5 Å². The topological polar surface area (TPSA) is 27.7 Å². The molecule has 5 aliphatic rings. The summed E-state index contributed by atoms with van der Waals surface area (Å²) in [7, 11) is 0. The van der Waals surface area contributed by atoms with Crippen molar-refractivity contribution >= 4 is 0 Å². The minimum absolute atomic E-state index is 0.323. The number of ether oxygens (including phenoxy) is 3. The SMILES string of the molecule is c1ccc(COc2cc3c(cc2C24CC5CC(C2)C2C5C24)OCO3)cc1. The van der Waals surface area contributed by atoms with Crippen molar-refractivity contribution in [1.82, 2.24) is 0 Å². The fraction of sp³-hybridized carbons (Fsp3) is 0.478. The lowest BCUT2D eigenvalue weighted by Gasteiger charge is -2.34. The van der Waals surface area contributed by atoms with Gasteiger partial charge >= 0.3 is 0 Å². The number of fused-ring (bicyclic) bond motifs is 1. The largest absolute Gasteiger partial charge is 0.488 e. The van der Waals surface area contributed by atoms with E-state index < -0.39 is 0 Å². The molecule has 0 saturated heterocycles. The summed E-state index contributed by atoms with van der Waals surface area (Å²) in [4.78, 5) is 0. The van der Waals surface area contributed by atoms with Gasteiger partial charge in [-0.1, -0.05) is 30.3 Å². The monoisotopic (exact) mass is 346 g/mol. The Bertz CT molecular complexity index is 883. The van der Waals surface area contributed by atoms with Crippen LogP contribution >= 0.6 is 0 Å². The average molecular weight is 346 g/mol. The molecule has 0 bridgehead atoms. The summed E-state index contributed by atoms with van der Waals surface area (Å²) in [6.07, 6.45) is 4.20. The molecule has 0 spiro atoms. The summed E-state index contributed by atoms with van der Waals surface area (Å²) in [5.74, 6) is 7.63.